The molecule has 41 heavy (non-hydrogen) atoms. The third-order valence-corrected chi connectivity index (χ3v) is 8.65. The lowest BCUT2D eigenvalue weighted by Gasteiger charge is -2.36. The van der Waals surface area contributed by atoms with E-state index < -0.39 is 65.4 Å². The quantitative estimate of drug-likeness (QED) is 0.352. The first-order valence-electron chi connectivity index (χ1n) is 13.6. The molecule has 1 aromatic carbocycles. The number of benzene rings is 1. The van der Waals surface area contributed by atoms with Crippen molar-refractivity contribution in [2.75, 3.05) is 6.54 Å². The second-order valence-corrected chi connectivity index (χ2v) is 13.0. The summed E-state index contributed by atoms with van der Waals surface area (Å²) in [6, 6.07) is 2.32. The van der Waals surface area contributed by atoms with E-state index in [1.807, 2.05) is 26.0 Å². The highest BCUT2D eigenvalue weighted by molar-refractivity contribution is 7.13. The minimum atomic E-state index is -1.98. The molecule has 4 atom stereocenters. The number of halogens is 1. The first-order valence-corrected chi connectivity index (χ1v) is 14.5. The SMILES string of the molecule is Cc1cc(C(CC(=O)O)NC(=O)[C@@H]2C[C@@H](O)CN2C(=O)C(NC(=O)C2(F)CC2)C(C)(C)C)ccc1-c1scnc1C. The van der Waals surface area contributed by atoms with Gasteiger partial charge >= 0.3 is 5.97 Å². The van der Waals surface area contributed by atoms with Crippen molar-refractivity contribution in [1.29, 1.82) is 0 Å². The summed E-state index contributed by atoms with van der Waals surface area (Å²) in [6.45, 7) is 8.82. The van der Waals surface area contributed by atoms with Crippen LogP contribution in [0.25, 0.3) is 10.4 Å². The van der Waals surface area contributed by atoms with E-state index in [1.54, 1.807) is 32.3 Å². The molecule has 0 spiro atoms. The molecule has 0 bridgehead atoms. The predicted molar refractivity (Wildman–Crippen MR) is 151 cm³/mol. The Labute approximate surface area is 242 Å². The number of β-amino-alcohol motifs (C(OH)–C–C–N with tert-alkyl or cyclic N) is 1. The standard InChI is InChI=1S/C29H37FN4O6S/c1-15-10-17(6-7-19(15)23-16(2)31-14-41-23)20(12-22(36)37)32-25(38)21-11-18(35)13-34(21)26(39)24(28(3,4)5)33-27(40)29(30)8-9-29/h6-7,10,14,18,20-21,24,35H,8-9,11-13H2,1-5H3,(H,32,38)(H,33,40)(H,36,37)/t18-,20?,21+,24?/m1/s1. The molecule has 12 heteroatoms. The number of nitrogens with zero attached hydrogens (tertiary/aromatic N) is 2. The highest BCUT2D eigenvalue weighted by Gasteiger charge is 2.53. The number of likely N-dealkylation sites (tertiary alicyclic amines) is 1. The smallest absolute Gasteiger partial charge is 0.305 e. The van der Waals surface area contributed by atoms with Crippen molar-refractivity contribution in [1.82, 2.24) is 20.5 Å². The number of hydrogen-bond donors (Lipinski definition) is 4. The minimum Gasteiger partial charge on any atom is -0.481 e. The molecular weight excluding hydrogens is 551 g/mol. The van der Waals surface area contributed by atoms with E-state index >= 15 is 0 Å². The van der Waals surface area contributed by atoms with Crippen LogP contribution in [0.4, 0.5) is 4.39 Å². The van der Waals surface area contributed by atoms with Crippen LogP contribution in [0.5, 0.6) is 0 Å². The van der Waals surface area contributed by atoms with Crippen molar-refractivity contribution in [2.45, 2.75) is 90.2 Å². The van der Waals surface area contributed by atoms with E-state index in [-0.39, 0.29) is 25.8 Å². The van der Waals surface area contributed by atoms with Crippen LogP contribution >= 0.6 is 11.3 Å². The zero-order chi connectivity index (χ0) is 30.3. The molecule has 2 heterocycles. The number of alkyl halides is 1. The number of aliphatic carboxylic acids is 1. The molecule has 222 valence electrons. The van der Waals surface area contributed by atoms with Crippen molar-refractivity contribution in [3.8, 4) is 10.4 Å². The Balaban J connectivity index is 1.56. The lowest BCUT2D eigenvalue weighted by molar-refractivity contribution is -0.145. The Morgan fingerprint density at radius 2 is 1.88 bits per heavy atom. The van der Waals surface area contributed by atoms with Crippen LogP contribution in [-0.2, 0) is 19.2 Å². The maximum Gasteiger partial charge on any atom is 0.305 e. The lowest BCUT2D eigenvalue weighted by atomic mass is 9.85. The summed E-state index contributed by atoms with van der Waals surface area (Å²) in [7, 11) is 0. The minimum absolute atomic E-state index is 0.0577. The molecule has 2 fully saturated rings. The number of thiazole rings is 1. The first-order chi connectivity index (χ1) is 19.1. The van der Waals surface area contributed by atoms with Crippen molar-refractivity contribution in [3.63, 3.8) is 0 Å². The van der Waals surface area contributed by atoms with Gasteiger partial charge in [0, 0.05) is 13.0 Å². The van der Waals surface area contributed by atoms with Crippen LogP contribution in [0.15, 0.2) is 23.7 Å². The molecule has 4 rings (SSSR count). The molecule has 1 aliphatic carbocycles. The van der Waals surface area contributed by atoms with E-state index in [0.717, 1.165) is 21.7 Å². The summed E-state index contributed by atoms with van der Waals surface area (Å²) in [5, 5.41) is 25.3. The van der Waals surface area contributed by atoms with Crippen molar-refractivity contribution < 1.29 is 33.8 Å². The summed E-state index contributed by atoms with van der Waals surface area (Å²) in [6.07, 6.45) is -1.27. The van der Waals surface area contributed by atoms with E-state index in [4.69, 9.17) is 0 Å². The fourth-order valence-electron chi connectivity index (χ4n) is 5.13. The number of nitrogens with one attached hydrogen (secondary N) is 2. The van der Waals surface area contributed by atoms with Crippen LogP contribution in [0.3, 0.4) is 0 Å². The number of carbonyl (C=O) groups excluding carboxylic acids is 3. The Kier molecular flexibility index (Phi) is 8.56. The molecule has 2 aromatic rings. The van der Waals surface area contributed by atoms with Gasteiger partial charge in [0.2, 0.25) is 11.8 Å². The van der Waals surface area contributed by atoms with Gasteiger partial charge < -0.3 is 25.7 Å². The van der Waals surface area contributed by atoms with Gasteiger partial charge in [0.25, 0.3) is 5.91 Å². The van der Waals surface area contributed by atoms with Gasteiger partial charge in [0.05, 0.1) is 34.6 Å². The fourth-order valence-corrected chi connectivity index (χ4v) is 6.03. The van der Waals surface area contributed by atoms with Gasteiger partial charge in [-0.3, -0.25) is 19.2 Å². The van der Waals surface area contributed by atoms with Crippen molar-refractivity contribution >= 4 is 35.0 Å². The number of aliphatic hydroxyl groups excluding tert-OH is 1. The van der Waals surface area contributed by atoms with E-state index in [1.165, 1.54) is 16.2 Å². The number of aromatic nitrogens is 1. The Morgan fingerprint density at radius 1 is 1.20 bits per heavy atom. The van der Waals surface area contributed by atoms with Crippen LogP contribution in [0.1, 0.15) is 69.3 Å². The Hall–Kier alpha value is -3.38. The molecular formula is C29H37FN4O6S. The van der Waals surface area contributed by atoms with Gasteiger partial charge in [0.1, 0.15) is 12.1 Å². The summed E-state index contributed by atoms with van der Waals surface area (Å²) < 4.78 is 14.4. The lowest BCUT2D eigenvalue weighted by Crippen LogP contribution is -2.59. The number of aryl methyl sites for hydroxylation is 2. The maximum absolute atomic E-state index is 14.4. The summed E-state index contributed by atoms with van der Waals surface area (Å²) in [5.74, 6) is -3.21. The van der Waals surface area contributed by atoms with Gasteiger partial charge in [0.15, 0.2) is 5.67 Å². The number of hydrogen-bond acceptors (Lipinski definition) is 7. The molecule has 2 aliphatic rings. The molecule has 2 unspecified atom stereocenters. The van der Waals surface area contributed by atoms with E-state index in [2.05, 4.69) is 15.6 Å². The normalized spacial score (nSPS) is 21.2. The van der Waals surface area contributed by atoms with Crippen LogP contribution in [-0.4, -0.2) is 74.2 Å². The number of rotatable bonds is 9. The average Bonchev–Trinajstić information content (AvgIpc) is 3.29. The molecule has 0 radical (unpaired) electrons. The topological polar surface area (TPSA) is 149 Å². The first kappa shape index (κ1) is 30.6. The Bertz CT molecular complexity index is 1350. The Morgan fingerprint density at radius 3 is 2.41 bits per heavy atom. The number of amides is 3. The third kappa shape index (κ3) is 6.75. The molecule has 4 N–H and O–H groups in total. The van der Waals surface area contributed by atoms with Crippen molar-refractivity contribution in [2.24, 2.45) is 5.41 Å². The zero-order valence-corrected chi connectivity index (χ0v) is 24.7. The fraction of sp³-hybridized carbons (Fsp3) is 0.552. The van der Waals surface area contributed by atoms with Gasteiger partial charge in [-0.15, -0.1) is 11.3 Å². The highest BCUT2D eigenvalue weighted by Crippen LogP contribution is 2.40. The second kappa shape index (κ2) is 11.5. The summed E-state index contributed by atoms with van der Waals surface area (Å²) in [4.78, 5) is 58.0. The van der Waals surface area contributed by atoms with Gasteiger partial charge in [-0.2, -0.15) is 0 Å². The van der Waals surface area contributed by atoms with Crippen LogP contribution in [0.2, 0.25) is 0 Å². The second-order valence-electron chi connectivity index (χ2n) is 12.1. The zero-order valence-electron chi connectivity index (χ0n) is 23.9. The number of carbonyl (C=O) groups is 4. The monoisotopic (exact) mass is 588 g/mol. The largest absolute Gasteiger partial charge is 0.481 e. The van der Waals surface area contributed by atoms with Crippen molar-refractivity contribution in [3.05, 3.63) is 40.5 Å². The predicted octanol–water partition coefficient (Wildman–Crippen LogP) is 3.05. The summed E-state index contributed by atoms with van der Waals surface area (Å²) in [5.41, 5.74) is 2.27. The van der Waals surface area contributed by atoms with Crippen LogP contribution < -0.4 is 10.6 Å². The molecule has 3 amide bonds. The maximum atomic E-state index is 14.4. The van der Waals surface area contributed by atoms with E-state index in [0.29, 0.717) is 5.56 Å². The molecule has 10 nitrogen and oxygen atoms in total. The molecule has 1 saturated carbocycles. The van der Waals surface area contributed by atoms with Gasteiger partial charge in [-0.05, 0) is 48.8 Å². The summed E-state index contributed by atoms with van der Waals surface area (Å²) >= 11 is 1.50. The number of carboxylic acid groups (broad SMARTS) is 1. The molecule has 1 saturated heterocycles. The van der Waals surface area contributed by atoms with Gasteiger partial charge in [-0.25, -0.2) is 9.37 Å². The van der Waals surface area contributed by atoms with Crippen LogP contribution in [0, 0.1) is 19.3 Å². The number of aliphatic hydroxyl groups is 1. The molecule has 1 aliphatic heterocycles. The number of carboxylic acids is 1. The van der Waals surface area contributed by atoms with E-state index in [9.17, 15) is 33.8 Å². The van der Waals surface area contributed by atoms with Gasteiger partial charge in [-0.1, -0.05) is 39.0 Å². The highest BCUT2D eigenvalue weighted by atomic mass is 32.1. The third-order valence-electron chi connectivity index (χ3n) is 7.69. The molecule has 1 aromatic heterocycles. The average molecular weight is 589 g/mol.